The van der Waals surface area contributed by atoms with E-state index in [0.29, 0.717) is 0 Å². The van der Waals surface area contributed by atoms with Crippen molar-refractivity contribution in [3.8, 4) is 6.07 Å². The molecule has 0 aliphatic heterocycles. The van der Waals surface area contributed by atoms with E-state index in [0.717, 1.165) is 34.3 Å². The van der Waals surface area contributed by atoms with E-state index in [2.05, 4.69) is 16.4 Å². The molecule has 7 heteroatoms. The van der Waals surface area contributed by atoms with Crippen LogP contribution in [0.25, 0.3) is 10.9 Å². The number of carbonyl (C=O) groups excluding carboxylic acids is 2. The van der Waals surface area contributed by atoms with Crippen molar-refractivity contribution in [3.05, 3.63) is 35.9 Å². The summed E-state index contributed by atoms with van der Waals surface area (Å²) in [7, 11) is 0. The molecule has 1 aliphatic carbocycles. The lowest BCUT2D eigenvalue weighted by Gasteiger charge is -2.22. The molecular weight excluding hydrogens is 362 g/mol. The zero-order valence-corrected chi connectivity index (χ0v) is 16.1. The number of hydrogen-bond acceptors (Lipinski definition) is 6. The van der Waals surface area contributed by atoms with Crippen LogP contribution < -0.4 is 5.32 Å². The lowest BCUT2D eigenvalue weighted by molar-refractivity contribution is -0.146. The molecule has 0 spiro atoms. The zero-order valence-electron chi connectivity index (χ0n) is 15.3. The van der Waals surface area contributed by atoms with Gasteiger partial charge < -0.3 is 10.1 Å². The SMILES string of the molecule is Cc1cc(SCC(=O)OCC(=O)N[C@](C)(C#N)C2CC2)nc2ccccc12. The van der Waals surface area contributed by atoms with Crippen LogP contribution in [0.4, 0.5) is 0 Å². The average molecular weight is 383 g/mol. The lowest BCUT2D eigenvalue weighted by atomic mass is 9.98. The Morgan fingerprint density at radius 2 is 2.15 bits per heavy atom. The molecular formula is C20H21N3O3S. The van der Waals surface area contributed by atoms with Crippen LogP contribution in [0, 0.1) is 24.2 Å². The van der Waals surface area contributed by atoms with E-state index < -0.39 is 17.4 Å². The number of nitrogens with one attached hydrogen (secondary N) is 1. The fourth-order valence-corrected chi connectivity index (χ4v) is 3.69. The third kappa shape index (κ3) is 4.77. The predicted molar refractivity (Wildman–Crippen MR) is 103 cm³/mol. The largest absolute Gasteiger partial charge is 0.455 e. The van der Waals surface area contributed by atoms with E-state index in [4.69, 9.17) is 4.74 Å². The maximum absolute atomic E-state index is 12.0. The van der Waals surface area contributed by atoms with Crippen LogP contribution >= 0.6 is 11.8 Å². The number of ether oxygens (including phenoxy) is 1. The van der Waals surface area contributed by atoms with Crippen LogP contribution in [0.3, 0.4) is 0 Å². The number of carbonyl (C=O) groups is 2. The molecule has 27 heavy (non-hydrogen) atoms. The number of benzene rings is 1. The summed E-state index contributed by atoms with van der Waals surface area (Å²) in [4.78, 5) is 28.4. The molecule has 1 amide bonds. The second kappa shape index (κ2) is 7.97. The number of aromatic nitrogens is 1. The summed E-state index contributed by atoms with van der Waals surface area (Å²) in [6, 6.07) is 11.9. The van der Waals surface area contributed by atoms with Crippen molar-refractivity contribution < 1.29 is 14.3 Å². The van der Waals surface area contributed by atoms with Gasteiger partial charge in [0.15, 0.2) is 6.61 Å². The summed E-state index contributed by atoms with van der Waals surface area (Å²) in [5.74, 6) is -0.701. The quantitative estimate of drug-likeness (QED) is 0.584. The number of aryl methyl sites for hydroxylation is 1. The highest BCUT2D eigenvalue weighted by molar-refractivity contribution is 7.99. The molecule has 2 aromatic rings. The minimum Gasteiger partial charge on any atom is -0.455 e. The first-order valence-corrected chi connectivity index (χ1v) is 9.77. The minimum atomic E-state index is -0.884. The zero-order chi connectivity index (χ0) is 19.4. The Morgan fingerprint density at radius 1 is 1.41 bits per heavy atom. The summed E-state index contributed by atoms with van der Waals surface area (Å²) < 4.78 is 5.02. The molecule has 1 saturated carbocycles. The highest BCUT2D eigenvalue weighted by atomic mass is 32.2. The molecule has 140 valence electrons. The van der Waals surface area contributed by atoms with E-state index in [1.54, 1.807) is 6.92 Å². The van der Waals surface area contributed by atoms with Crippen molar-refractivity contribution in [2.24, 2.45) is 5.92 Å². The lowest BCUT2D eigenvalue weighted by Crippen LogP contribution is -2.48. The van der Waals surface area contributed by atoms with Gasteiger partial charge in [-0.15, -0.1) is 0 Å². The maximum Gasteiger partial charge on any atom is 0.316 e. The van der Waals surface area contributed by atoms with Crippen molar-refractivity contribution >= 4 is 34.5 Å². The number of rotatable bonds is 7. The Labute approximate surface area is 162 Å². The van der Waals surface area contributed by atoms with Gasteiger partial charge in [0, 0.05) is 5.39 Å². The molecule has 1 aromatic carbocycles. The predicted octanol–water partition coefficient (Wildman–Crippen LogP) is 2.99. The summed E-state index contributed by atoms with van der Waals surface area (Å²) in [5, 5.41) is 13.7. The van der Waals surface area contributed by atoms with Crippen LogP contribution in [-0.2, 0) is 14.3 Å². The molecule has 0 unspecified atom stereocenters. The molecule has 0 radical (unpaired) electrons. The number of para-hydroxylation sites is 1. The number of thioether (sulfide) groups is 1. The van der Waals surface area contributed by atoms with Crippen molar-refractivity contribution in [2.75, 3.05) is 12.4 Å². The second-order valence-electron chi connectivity index (χ2n) is 6.88. The van der Waals surface area contributed by atoms with Crippen molar-refractivity contribution in [2.45, 2.75) is 37.3 Å². The number of pyridine rings is 1. The van der Waals surface area contributed by atoms with Crippen molar-refractivity contribution in [1.29, 1.82) is 5.26 Å². The maximum atomic E-state index is 12.0. The van der Waals surface area contributed by atoms with Gasteiger partial charge in [-0.05, 0) is 50.3 Å². The molecule has 1 heterocycles. The molecule has 1 fully saturated rings. The normalized spacial score (nSPS) is 15.6. The Morgan fingerprint density at radius 3 is 2.85 bits per heavy atom. The monoisotopic (exact) mass is 383 g/mol. The molecule has 1 atom stereocenters. The molecule has 0 bridgehead atoms. The first-order chi connectivity index (χ1) is 12.9. The number of hydrogen-bond donors (Lipinski definition) is 1. The number of esters is 1. The number of nitriles is 1. The third-order valence-electron chi connectivity index (χ3n) is 4.63. The van der Waals surface area contributed by atoms with Gasteiger partial charge in [-0.2, -0.15) is 5.26 Å². The highest BCUT2D eigenvalue weighted by Gasteiger charge is 2.43. The Balaban J connectivity index is 1.48. The van der Waals surface area contributed by atoms with Crippen LogP contribution in [0.5, 0.6) is 0 Å². The van der Waals surface area contributed by atoms with Gasteiger partial charge in [0.2, 0.25) is 0 Å². The van der Waals surface area contributed by atoms with E-state index in [9.17, 15) is 14.9 Å². The van der Waals surface area contributed by atoms with Crippen molar-refractivity contribution in [3.63, 3.8) is 0 Å². The number of nitrogens with zero attached hydrogens (tertiary/aromatic N) is 2. The Hall–Kier alpha value is -2.59. The molecule has 1 N–H and O–H groups in total. The number of fused-ring (bicyclic) bond motifs is 1. The standard InChI is InChI=1S/C20H21N3O3S/c1-13-9-18(22-16-6-4-3-5-15(13)16)27-11-19(25)26-10-17(24)23-20(2,12-21)14-7-8-14/h3-6,9,14H,7-8,10-11H2,1-2H3,(H,23,24)/t20-/m1/s1. The van der Waals surface area contributed by atoms with E-state index in [-0.39, 0.29) is 18.3 Å². The van der Waals surface area contributed by atoms with Gasteiger partial charge in [-0.25, -0.2) is 4.98 Å². The van der Waals surface area contributed by atoms with Crippen molar-refractivity contribution in [1.82, 2.24) is 10.3 Å². The summed E-state index contributed by atoms with van der Waals surface area (Å²) >= 11 is 1.27. The molecule has 1 aromatic heterocycles. The fourth-order valence-electron chi connectivity index (χ4n) is 2.92. The highest BCUT2D eigenvalue weighted by Crippen LogP contribution is 2.39. The molecule has 1 aliphatic rings. The van der Waals surface area contributed by atoms with Gasteiger partial charge in [-0.3, -0.25) is 9.59 Å². The smallest absolute Gasteiger partial charge is 0.316 e. The van der Waals surface area contributed by atoms with Gasteiger partial charge in [0.05, 0.1) is 22.4 Å². The summed E-state index contributed by atoms with van der Waals surface area (Å²) in [6.07, 6.45) is 1.86. The van der Waals surface area contributed by atoms with Crippen LogP contribution in [-0.4, -0.2) is 34.8 Å². The average Bonchev–Trinajstić information content (AvgIpc) is 3.50. The molecule has 0 saturated heterocycles. The topological polar surface area (TPSA) is 92.1 Å². The Bertz CT molecular complexity index is 920. The van der Waals surface area contributed by atoms with Crippen LogP contribution in [0.2, 0.25) is 0 Å². The van der Waals surface area contributed by atoms with Gasteiger partial charge in [0.25, 0.3) is 5.91 Å². The first-order valence-electron chi connectivity index (χ1n) is 8.78. The first kappa shape index (κ1) is 19.2. The summed E-state index contributed by atoms with van der Waals surface area (Å²) in [5.41, 5.74) is 1.08. The number of amides is 1. The van der Waals surface area contributed by atoms with Gasteiger partial charge in [-0.1, -0.05) is 30.0 Å². The minimum absolute atomic E-state index is 0.0657. The van der Waals surface area contributed by atoms with Crippen LogP contribution in [0.1, 0.15) is 25.3 Å². The van der Waals surface area contributed by atoms with E-state index >= 15 is 0 Å². The molecule has 6 nitrogen and oxygen atoms in total. The molecule has 3 rings (SSSR count). The second-order valence-corrected chi connectivity index (χ2v) is 7.88. The fraction of sp³-hybridized carbons (Fsp3) is 0.400. The summed E-state index contributed by atoms with van der Waals surface area (Å²) in [6.45, 7) is 3.32. The van der Waals surface area contributed by atoms with Crippen LogP contribution in [0.15, 0.2) is 35.4 Å². The van der Waals surface area contributed by atoms with E-state index in [1.807, 2.05) is 37.3 Å². The third-order valence-corrected chi connectivity index (χ3v) is 5.51. The van der Waals surface area contributed by atoms with Gasteiger partial charge >= 0.3 is 5.97 Å². The van der Waals surface area contributed by atoms with Gasteiger partial charge in [0.1, 0.15) is 5.54 Å². The van der Waals surface area contributed by atoms with E-state index in [1.165, 1.54) is 11.8 Å². The Kier molecular flexibility index (Phi) is 5.66.